The summed E-state index contributed by atoms with van der Waals surface area (Å²) in [5.74, 6) is 0.0164. The molecule has 1 aromatic rings. The molecule has 1 aromatic heterocycles. The lowest BCUT2D eigenvalue weighted by molar-refractivity contribution is 0.0572. The largest absolute Gasteiger partial charge is 0.383 e. The molecule has 1 unspecified atom stereocenters. The lowest BCUT2D eigenvalue weighted by Gasteiger charge is -2.31. The van der Waals surface area contributed by atoms with Crippen LogP contribution in [0.1, 0.15) is 12.8 Å². The minimum atomic E-state index is -3.62. The van der Waals surface area contributed by atoms with E-state index in [4.69, 9.17) is 10.5 Å². The maximum atomic E-state index is 12.6. The highest BCUT2D eigenvalue weighted by Gasteiger charge is 2.32. The number of methoxy groups -OCH3 is 1. The predicted octanol–water partition coefficient (Wildman–Crippen LogP) is 1.23. The Labute approximate surface area is 121 Å². The first-order chi connectivity index (χ1) is 8.95. The van der Waals surface area contributed by atoms with Gasteiger partial charge in [-0.2, -0.15) is 4.31 Å². The van der Waals surface area contributed by atoms with Gasteiger partial charge in [-0.05, 0) is 34.8 Å². The molecule has 1 saturated heterocycles. The number of anilines is 1. The molecule has 1 atom stereocenters. The molecule has 0 aromatic carbocycles. The van der Waals surface area contributed by atoms with Crippen LogP contribution >= 0.6 is 15.9 Å². The normalized spacial score (nSPS) is 21.5. The smallest absolute Gasteiger partial charge is 0.246 e. The summed E-state index contributed by atoms with van der Waals surface area (Å²) < 4.78 is 32.3. The molecule has 6 nitrogen and oxygen atoms in total. The standard InChI is InChI=1S/C11H16BrN3O3S/c1-18-9-3-2-4-15(7-9)19(16,17)10-5-8(12)6-14-11(10)13/h5-6,9H,2-4,7H2,1H3,(H2,13,14). The van der Waals surface area contributed by atoms with Gasteiger partial charge in [0.15, 0.2) is 0 Å². The maximum absolute atomic E-state index is 12.6. The zero-order valence-corrected chi connectivity index (χ0v) is 12.9. The maximum Gasteiger partial charge on any atom is 0.246 e. The predicted molar refractivity (Wildman–Crippen MR) is 75.1 cm³/mol. The number of nitrogens with two attached hydrogens (primary N) is 1. The first-order valence-electron chi connectivity index (χ1n) is 5.89. The van der Waals surface area contributed by atoms with E-state index in [9.17, 15) is 8.42 Å². The highest BCUT2D eigenvalue weighted by atomic mass is 79.9. The number of hydrogen-bond donors (Lipinski definition) is 1. The van der Waals surface area contributed by atoms with Crippen molar-refractivity contribution in [2.45, 2.75) is 23.8 Å². The summed E-state index contributed by atoms with van der Waals surface area (Å²) in [6, 6.07) is 1.48. The highest BCUT2D eigenvalue weighted by molar-refractivity contribution is 9.10. The van der Waals surface area contributed by atoms with Gasteiger partial charge in [0.05, 0.1) is 6.10 Å². The van der Waals surface area contributed by atoms with E-state index >= 15 is 0 Å². The van der Waals surface area contributed by atoms with Crippen LogP contribution in [-0.4, -0.2) is 44.0 Å². The van der Waals surface area contributed by atoms with Crippen LogP contribution in [0.5, 0.6) is 0 Å². The Morgan fingerprint density at radius 1 is 1.58 bits per heavy atom. The number of aromatic nitrogens is 1. The molecule has 19 heavy (non-hydrogen) atoms. The third-order valence-corrected chi connectivity index (χ3v) is 5.47. The van der Waals surface area contributed by atoms with Crippen LogP contribution in [0.3, 0.4) is 0 Å². The number of pyridine rings is 1. The summed E-state index contributed by atoms with van der Waals surface area (Å²) >= 11 is 3.21. The van der Waals surface area contributed by atoms with Crippen molar-refractivity contribution in [3.8, 4) is 0 Å². The Kier molecular flexibility index (Phi) is 4.44. The van der Waals surface area contributed by atoms with Gasteiger partial charge in [-0.1, -0.05) is 0 Å². The molecular weight excluding hydrogens is 334 g/mol. The van der Waals surface area contributed by atoms with Gasteiger partial charge < -0.3 is 10.5 Å². The van der Waals surface area contributed by atoms with Crippen molar-refractivity contribution in [2.75, 3.05) is 25.9 Å². The molecule has 0 bridgehead atoms. The number of nitrogen functional groups attached to an aromatic ring is 1. The fourth-order valence-electron chi connectivity index (χ4n) is 2.09. The average molecular weight is 350 g/mol. The number of halogens is 1. The van der Waals surface area contributed by atoms with E-state index in [0.717, 1.165) is 12.8 Å². The summed E-state index contributed by atoms with van der Waals surface area (Å²) in [7, 11) is -2.03. The van der Waals surface area contributed by atoms with Crippen LogP contribution in [0.4, 0.5) is 5.82 Å². The highest BCUT2D eigenvalue weighted by Crippen LogP contribution is 2.26. The lowest BCUT2D eigenvalue weighted by atomic mass is 10.1. The van der Waals surface area contributed by atoms with E-state index < -0.39 is 10.0 Å². The lowest BCUT2D eigenvalue weighted by Crippen LogP contribution is -2.43. The number of hydrogen-bond acceptors (Lipinski definition) is 5. The molecule has 0 saturated carbocycles. The minimum Gasteiger partial charge on any atom is -0.383 e. The Morgan fingerprint density at radius 3 is 3.00 bits per heavy atom. The van der Waals surface area contributed by atoms with Crippen molar-refractivity contribution in [1.82, 2.24) is 9.29 Å². The second-order valence-electron chi connectivity index (χ2n) is 4.40. The summed E-state index contributed by atoms with van der Waals surface area (Å²) in [5, 5.41) is 0. The van der Waals surface area contributed by atoms with E-state index in [2.05, 4.69) is 20.9 Å². The number of sulfonamides is 1. The molecule has 2 heterocycles. The van der Waals surface area contributed by atoms with Gasteiger partial charge in [-0.3, -0.25) is 0 Å². The van der Waals surface area contributed by atoms with Crippen molar-refractivity contribution in [1.29, 1.82) is 0 Å². The topological polar surface area (TPSA) is 85.5 Å². The van der Waals surface area contributed by atoms with E-state index in [1.807, 2.05) is 0 Å². The van der Waals surface area contributed by atoms with Gasteiger partial charge >= 0.3 is 0 Å². The molecule has 8 heteroatoms. The zero-order chi connectivity index (χ0) is 14.0. The van der Waals surface area contributed by atoms with Crippen LogP contribution in [-0.2, 0) is 14.8 Å². The number of piperidine rings is 1. The molecule has 1 aliphatic heterocycles. The van der Waals surface area contributed by atoms with Gasteiger partial charge in [-0.25, -0.2) is 13.4 Å². The molecule has 1 aliphatic rings. The second-order valence-corrected chi connectivity index (χ2v) is 7.22. The van der Waals surface area contributed by atoms with Crippen LogP contribution in [0, 0.1) is 0 Å². The third-order valence-electron chi connectivity index (χ3n) is 3.14. The second kappa shape index (κ2) is 5.74. The van der Waals surface area contributed by atoms with Crippen molar-refractivity contribution in [2.24, 2.45) is 0 Å². The van der Waals surface area contributed by atoms with Gasteiger partial charge in [-0.15, -0.1) is 0 Å². The Morgan fingerprint density at radius 2 is 2.32 bits per heavy atom. The van der Waals surface area contributed by atoms with Crippen molar-refractivity contribution < 1.29 is 13.2 Å². The fourth-order valence-corrected chi connectivity index (χ4v) is 4.18. The van der Waals surface area contributed by atoms with Crippen LogP contribution < -0.4 is 5.73 Å². The molecular formula is C11H16BrN3O3S. The molecule has 0 amide bonds. The third kappa shape index (κ3) is 3.07. The van der Waals surface area contributed by atoms with Crippen LogP contribution in [0.25, 0.3) is 0 Å². The monoisotopic (exact) mass is 349 g/mol. The zero-order valence-electron chi connectivity index (χ0n) is 10.5. The summed E-state index contributed by atoms with van der Waals surface area (Å²) in [6.45, 7) is 0.832. The van der Waals surface area contributed by atoms with Gasteiger partial charge in [0, 0.05) is 30.9 Å². The average Bonchev–Trinajstić information content (AvgIpc) is 2.41. The first kappa shape index (κ1) is 14.7. The van der Waals surface area contributed by atoms with Crippen molar-refractivity contribution in [3.63, 3.8) is 0 Å². The fraction of sp³-hybridized carbons (Fsp3) is 0.545. The number of ether oxygens (including phenoxy) is 1. The van der Waals surface area contributed by atoms with Crippen LogP contribution in [0.15, 0.2) is 21.6 Å². The summed E-state index contributed by atoms with van der Waals surface area (Å²) in [5.41, 5.74) is 5.68. The first-order valence-corrected chi connectivity index (χ1v) is 8.12. The summed E-state index contributed by atoms with van der Waals surface area (Å²) in [4.78, 5) is 3.91. The Balaban J connectivity index is 2.34. The van der Waals surface area contributed by atoms with Crippen molar-refractivity contribution >= 4 is 31.8 Å². The van der Waals surface area contributed by atoms with Gasteiger partial charge in [0.1, 0.15) is 10.7 Å². The van der Waals surface area contributed by atoms with Gasteiger partial charge in [0.2, 0.25) is 10.0 Å². The molecule has 1 fully saturated rings. The number of rotatable bonds is 3. The molecule has 0 spiro atoms. The summed E-state index contributed by atoms with van der Waals surface area (Å²) in [6.07, 6.45) is 3.06. The minimum absolute atomic E-state index is 0.0164. The molecule has 0 radical (unpaired) electrons. The Hall–Kier alpha value is -0.700. The molecule has 0 aliphatic carbocycles. The SMILES string of the molecule is COC1CCCN(S(=O)(=O)c2cc(Br)cnc2N)C1. The van der Waals surface area contributed by atoms with Crippen molar-refractivity contribution in [3.05, 3.63) is 16.7 Å². The van der Waals surface area contributed by atoms with Gasteiger partial charge in [0.25, 0.3) is 0 Å². The molecule has 2 N–H and O–H groups in total. The Bertz CT molecular complexity index is 564. The molecule has 2 rings (SSSR count). The van der Waals surface area contributed by atoms with Crippen LogP contribution in [0.2, 0.25) is 0 Å². The van der Waals surface area contributed by atoms with E-state index in [0.29, 0.717) is 17.6 Å². The molecule has 106 valence electrons. The quantitative estimate of drug-likeness (QED) is 0.886. The van der Waals surface area contributed by atoms with E-state index in [-0.39, 0.29) is 16.8 Å². The number of nitrogens with zero attached hydrogens (tertiary/aromatic N) is 2. The van der Waals surface area contributed by atoms with E-state index in [1.165, 1.54) is 16.6 Å². The van der Waals surface area contributed by atoms with E-state index in [1.54, 1.807) is 7.11 Å².